The largest absolute Gasteiger partial charge is 0.212 e. The fourth-order valence-corrected chi connectivity index (χ4v) is 2.69. The molecule has 0 aliphatic carbocycles. The average Bonchev–Trinajstić information content (AvgIpc) is 2.42. The Hall–Kier alpha value is -1.79. The minimum absolute atomic E-state index is 0.0105. The molecule has 0 aromatic heterocycles. The van der Waals surface area contributed by atoms with Crippen molar-refractivity contribution in [3.63, 3.8) is 0 Å². The van der Waals surface area contributed by atoms with E-state index in [1.54, 1.807) is 24.3 Å². The Morgan fingerprint density at radius 1 is 1.00 bits per heavy atom. The molecule has 0 spiro atoms. The summed E-state index contributed by atoms with van der Waals surface area (Å²) in [6, 6.07) is 12.0. The molecular formula is C15H15F2NO2S. The van der Waals surface area contributed by atoms with Gasteiger partial charge in [-0.05, 0) is 23.8 Å². The molecule has 0 bridgehead atoms. The quantitative estimate of drug-likeness (QED) is 0.851. The summed E-state index contributed by atoms with van der Waals surface area (Å²) in [7, 11) is -3.55. The predicted octanol–water partition coefficient (Wildman–Crippen LogP) is 2.93. The molecule has 0 aliphatic heterocycles. The maximum atomic E-state index is 13.7. The van der Waals surface area contributed by atoms with Gasteiger partial charge in [-0.3, -0.25) is 0 Å². The van der Waals surface area contributed by atoms with Crippen LogP contribution in [-0.2, 0) is 23.1 Å². The molecule has 0 saturated carbocycles. The van der Waals surface area contributed by atoms with E-state index in [0.717, 1.165) is 34.3 Å². The van der Waals surface area contributed by atoms with E-state index in [4.69, 9.17) is 0 Å². The second-order valence-corrected chi connectivity index (χ2v) is 6.73. The lowest BCUT2D eigenvalue weighted by atomic mass is 10.2. The fraction of sp³-hybridized carbons (Fsp3) is 0.200. The minimum Gasteiger partial charge on any atom is -0.212 e. The zero-order valence-corrected chi connectivity index (χ0v) is 12.3. The van der Waals surface area contributed by atoms with Crippen molar-refractivity contribution in [3.05, 3.63) is 71.3 Å². The average molecular weight is 311 g/mol. The first-order valence-corrected chi connectivity index (χ1v) is 8.14. The highest BCUT2D eigenvalue weighted by molar-refractivity contribution is 7.88. The maximum absolute atomic E-state index is 13.7. The van der Waals surface area contributed by atoms with Gasteiger partial charge < -0.3 is 0 Å². The van der Waals surface area contributed by atoms with E-state index < -0.39 is 21.7 Å². The van der Waals surface area contributed by atoms with Gasteiger partial charge in [0.15, 0.2) is 0 Å². The first-order chi connectivity index (χ1) is 9.86. The van der Waals surface area contributed by atoms with Gasteiger partial charge in [0.25, 0.3) is 0 Å². The SMILES string of the molecule is CS(=O)(=O)N(Cc1ccccc1)Cc1cc(F)ccc1F. The van der Waals surface area contributed by atoms with Gasteiger partial charge in [-0.2, -0.15) is 4.31 Å². The molecule has 2 rings (SSSR count). The molecule has 112 valence electrons. The molecule has 0 saturated heterocycles. The predicted molar refractivity (Wildman–Crippen MR) is 76.9 cm³/mol. The number of hydrogen-bond donors (Lipinski definition) is 0. The minimum atomic E-state index is -3.55. The highest BCUT2D eigenvalue weighted by atomic mass is 32.2. The summed E-state index contributed by atoms with van der Waals surface area (Å²) < 4.78 is 51.7. The van der Waals surface area contributed by atoms with Gasteiger partial charge in [0.2, 0.25) is 10.0 Å². The lowest BCUT2D eigenvalue weighted by molar-refractivity contribution is 0.396. The van der Waals surface area contributed by atoms with E-state index in [9.17, 15) is 17.2 Å². The van der Waals surface area contributed by atoms with E-state index >= 15 is 0 Å². The van der Waals surface area contributed by atoms with Gasteiger partial charge in [0.05, 0.1) is 6.26 Å². The van der Waals surface area contributed by atoms with Crippen molar-refractivity contribution in [3.8, 4) is 0 Å². The summed E-state index contributed by atoms with van der Waals surface area (Å²) in [4.78, 5) is 0. The molecule has 6 heteroatoms. The molecule has 3 nitrogen and oxygen atoms in total. The van der Waals surface area contributed by atoms with Crippen LogP contribution in [0.1, 0.15) is 11.1 Å². The number of halogens is 2. The van der Waals surface area contributed by atoms with E-state index in [0.29, 0.717) is 0 Å². The van der Waals surface area contributed by atoms with Crippen molar-refractivity contribution in [2.75, 3.05) is 6.26 Å². The summed E-state index contributed by atoms with van der Waals surface area (Å²) in [5.41, 5.74) is 0.788. The van der Waals surface area contributed by atoms with Crippen LogP contribution in [0.5, 0.6) is 0 Å². The molecule has 0 atom stereocenters. The summed E-state index contributed by atoms with van der Waals surface area (Å²) in [6.45, 7) is -0.104. The standard InChI is InChI=1S/C15H15F2NO2S/c1-21(19,20)18(10-12-5-3-2-4-6-12)11-13-9-14(16)7-8-15(13)17/h2-9H,10-11H2,1H3. The Kier molecular flexibility index (Phi) is 4.69. The zero-order chi connectivity index (χ0) is 15.5. The van der Waals surface area contributed by atoms with Crippen molar-refractivity contribution in [2.45, 2.75) is 13.1 Å². The van der Waals surface area contributed by atoms with Gasteiger partial charge in [0.1, 0.15) is 11.6 Å². The zero-order valence-electron chi connectivity index (χ0n) is 11.5. The monoisotopic (exact) mass is 311 g/mol. The Morgan fingerprint density at radius 2 is 1.67 bits per heavy atom. The molecule has 0 N–H and O–H groups in total. The van der Waals surface area contributed by atoms with Gasteiger partial charge in [-0.1, -0.05) is 30.3 Å². The van der Waals surface area contributed by atoms with E-state index in [2.05, 4.69) is 0 Å². The summed E-state index contributed by atoms with van der Waals surface area (Å²) >= 11 is 0. The Balaban J connectivity index is 2.27. The summed E-state index contributed by atoms with van der Waals surface area (Å²) in [6.07, 6.45) is 1.05. The van der Waals surface area contributed by atoms with E-state index in [1.807, 2.05) is 6.07 Å². The molecule has 0 fully saturated rings. The van der Waals surface area contributed by atoms with E-state index in [-0.39, 0.29) is 18.7 Å². The van der Waals surface area contributed by atoms with Crippen molar-refractivity contribution >= 4 is 10.0 Å². The highest BCUT2D eigenvalue weighted by Gasteiger charge is 2.19. The summed E-state index contributed by atoms with van der Waals surface area (Å²) in [5, 5.41) is 0. The normalized spacial score (nSPS) is 11.8. The van der Waals surface area contributed by atoms with Gasteiger partial charge in [0, 0.05) is 18.7 Å². The second-order valence-electron chi connectivity index (χ2n) is 4.75. The highest BCUT2D eigenvalue weighted by Crippen LogP contribution is 2.17. The van der Waals surface area contributed by atoms with Crippen LogP contribution in [0.4, 0.5) is 8.78 Å². The maximum Gasteiger partial charge on any atom is 0.211 e. The van der Waals surface area contributed by atoms with Crippen LogP contribution in [0.25, 0.3) is 0 Å². The smallest absolute Gasteiger partial charge is 0.211 e. The van der Waals surface area contributed by atoms with Gasteiger partial charge in [-0.25, -0.2) is 17.2 Å². The Labute approximate surface area is 122 Å². The first-order valence-electron chi connectivity index (χ1n) is 6.29. The number of hydrogen-bond acceptors (Lipinski definition) is 2. The van der Waals surface area contributed by atoms with Crippen molar-refractivity contribution in [1.82, 2.24) is 4.31 Å². The van der Waals surface area contributed by atoms with Gasteiger partial charge in [-0.15, -0.1) is 0 Å². The van der Waals surface area contributed by atoms with Gasteiger partial charge >= 0.3 is 0 Å². The number of nitrogens with zero attached hydrogens (tertiary/aromatic N) is 1. The first kappa shape index (κ1) is 15.6. The van der Waals surface area contributed by atoms with Crippen LogP contribution >= 0.6 is 0 Å². The lowest BCUT2D eigenvalue weighted by Gasteiger charge is -2.20. The van der Waals surface area contributed by atoms with Crippen molar-refractivity contribution in [1.29, 1.82) is 0 Å². The molecule has 2 aromatic carbocycles. The lowest BCUT2D eigenvalue weighted by Crippen LogP contribution is -2.29. The van der Waals surface area contributed by atoms with Crippen molar-refractivity contribution < 1.29 is 17.2 Å². The van der Waals surface area contributed by atoms with E-state index in [1.165, 1.54) is 0 Å². The molecule has 0 heterocycles. The van der Waals surface area contributed by atoms with Crippen LogP contribution in [0.2, 0.25) is 0 Å². The van der Waals surface area contributed by atoms with Crippen molar-refractivity contribution in [2.24, 2.45) is 0 Å². The van der Waals surface area contributed by atoms with Crippen LogP contribution in [-0.4, -0.2) is 19.0 Å². The number of benzene rings is 2. The molecule has 2 aromatic rings. The molecule has 0 aliphatic rings. The van der Waals surface area contributed by atoms with Crippen LogP contribution in [0.3, 0.4) is 0 Å². The Morgan fingerprint density at radius 3 is 2.29 bits per heavy atom. The second kappa shape index (κ2) is 6.32. The molecule has 0 radical (unpaired) electrons. The molecular weight excluding hydrogens is 296 g/mol. The molecule has 0 unspecified atom stereocenters. The van der Waals surface area contributed by atoms with Crippen LogP contribution < -0.4 is 0 Å². The molecule has 0 amide bonds. The molecule has 21 heavy (non-hydrogen) atoms. The number of sulfonamides is 1. The van der Waals surface area contributed by atoms with Crippen LogP contribution in [0, 0.1) is 11.6 Å². The van der Waals surface area contributed by atoms with Crippen LogP contribution in [0.15, 0.2) is 48.5 Å². The third-order valence-corrected chi connectivity index (χ3v) is 4.22. The third kappa shape index (κ3) is 4.34. The summed E-state index contributed by atoms with van der Waals surface area (Å²) in [5.74, 6) is -1.22. The number of rotatable bonds is 5. The third-order valence-electron chi connectivity index (χ3n) is 3.03. The fourth-order valence-electron chi connectivity index (χ4n) is 1.93. The topological polar surface area (TPSA) is 37.4 Å². The Bertz CT molecular complexity index is 718.